The van der Waals surface area contributed by atoms with Gasteiger partial charge in [-0.1, -0.05) is 32.5 Å². The van der Waals surface area contributed by atoms with Crippen molar-refractivity contribution in [3.8, 4) is 0 Å². The Bertz CT molecular complexity index is 433. The second-order valence-electron chi connectivity index (χ2n) is 6.40. The third-order valence-corrected chi connectivity index (χ3v) is 5.18. The molecule has 1 unspecified atom stereocenters. The number of nitrogens with one attached hydrogen (secondary N) is 1. The molecule has 6 nitrogen and oxygen atoms in total. The fourth-order valence-electron chi connectivity index (χ4n) is 1.34. The molecule has 0 aromatic heterocycles. The van der Waals surface area contributed by atoms with Crippen LogP contribution in [0.5, 0.6) is 0 Å². The van der Waals surface area contributed by atoms with Gasteiger partial charge in [0.1, 0.15) is 6.04 Å². The van der Waals surface area contributed by atoms with Gasteiger partial charge in [0.05, 0.1) is 12.7 Å². The Morgan fingerprint density at radius 2 is 1.77 bits per heavy atom. The molecule has 0 rings (SSSR count). The zero-order chi connectivity index (χ0) is 17.6. The second kappa shape index (κ2) is 9.06. The van der Waals surface area contributed by atoms with E-state index in [-0.39, 0.29) is 17.8 Å². The standard InChI is InChI=1S/C14H28NO5PS/c1-10(2)20-12(16)11(3)15-21(7,18)19-8-9-22-13(17)14(4,5)6/h10-11H,8-9H2,1-7H3,(H,15,18)/t11-,21?/m0/s1. The molecule has 0 spiro atoms. The zero-order valence-corrected chi connectivity index (χ0v) is 16.2. The van der Waals surface area contributed by atoms with E-state index >= 15 is 0 Å². The Balaban J connectivity index is 4.18. The van der Waals surface area contributed by atoms with Gasteiger partial charge in [0.25, 0.3) is 7.52 Å². The predicted molar refractivity (Wildman–Crippen MR) is 90.2 cm³/mol. The average molecular weight is 353 g/mol. The topological polar surface area (TPSA) is 81.7 Å². The van der Waals surface area contributed by atoms with Gasteiger partial charge in [0, 0.05) is 17.8 Å². The van der Waals surface area contributed by atoms with Crippen LogP contribution in [0, 0.1) is 5.41 Å². The number of carbonyl (C=O) groups is 2. The lowest BCUT2D eigenvalue weighted by molar-refractivity contribution is -0.149. The number of ether oxygens (including phenoxy) is 1. The maximum absolute atomic E-state index is 12.2. The molecule has 0 aromatic rings. The van der Waals surface area contributed by atoms with Crippen molar-refractivity contribution < 1.29 is 23.4 Å². The molecule has 2 atom stereocenters. The summed E-state index contributed by atoms with van der Waals surface area (Å²) in [6.45, 7) is 12.2. The molecule has 0 saturated heterocycles. The van der Waals surface area contributed by atoms with Gasteiger partial charge in [0.2, 0.25) is 0 Å². The molecule has 0 aliphatic heterocycles. The van der Waals surface area contributed by atoms with Crippen LogP contribution in [0.3, 0.4) is 0 Å². The molecule has 0 amide bonds. The molecule has 0 aromatic carbocycles. The van der Waals surface area contributed by atoms with Crippen LogP contribution in [0.1, 0.15) is 41.5 Å². The van der Waals surface area contributed by atoms with Gasteiger partial charge >= 0.3 is 5.97 Å². The molecule has 130 valence electrons. The summed E-state index contributed by atoms with van der Waals surface area (Å²) >= 11 is 1.15. The van der Waals surface area contributed by atoms with Gasteiger partial charge < -0.3 is 9.26 Å². The van der Waals surface area contributed by atoms with E-state index in [1.54, 1.807) is 20.8 Å². The van der Waals surface area contributed by atoms with Crippen molar-refractivity contribution in [1.29, 1.82) is 0 Å². The van der Waals surface area contributed by atoms with Crippen LogP contribution in [0.25, 0.3) is 0 Å². The number of esters is 1. The van der Waals surface area contributed by atoms with Gasteiger partial charge in [-0.3, -0.25) is 14.2 Å². The number of thioether (sulfide) groups is 1. The molecule has 0 aliphatic rings. The smallest absolute Gasteiger partial charge is 0.323 e. The molecule has 0 fully saturated rings. The number of hydrogen-bond donors (Lipinski definition) is 1. The van der Waals surface area contributed by atoms with E-state index in [1.807, 2.05) is 20.8 Å². The minimum atomic E-state index is -3.12. The number of hydrogen-bond acceptors (Lipinski definition) is 6. The summed E-state index contributed by atoms with van der Waals surface area (Å²) in [4.78, 5) is 23.4. The van der Waals surface area contributed by atoms with Gasteiger partial charge in [-0.15, -0.1) is 0 Å². The van der Waals surface area contributed by atoms with E-state index < -0.39 is 24.9 Å². The highest BCUT2D eigenvalue weighted by Crippen LogP contribution is 2.38. The van der Waals surface area contributed by atoms with Crippen molar-refractivity contribution in [2.75, 3.05) is 19.0 Å². The predicted octanol–water partition coefficient (Wildman–Crippen LogP) is 3.06. The van der Waals surface area contributed by atoms with E-state index in [9.17, 15) is 14.2 Å². The highest BCUT2D eigenvalue weighted by atomic mass is 32.2. The molecule has 0 heterocycles. The Labute approximate surface area is 137 Å². The van der Waals surface area contributed by atoms with Crippen molar-refractivity contribution in [3.05, 3.63) is 0 Å². The van der Waals surface area contributed by atoms with Crippen LogP contribution in [0.15, 0.2) is 0 Å². The van der Waals surface area contributed by atoms with Crippen LogP contribution >= 0.6 is 19.3 Å². The Morgan fingerprint density at radius 3 is 2.23 bits per heavy atom. The fraction of sp³-hybridized carbons (Fsp3) is 0.857. The van der Waals surface area contributed by atoms with Crippen LogP contribution in [-0.2, 0) is 23.4 Å². The third-order valence-electron chi connectivity index (χ3n) is 2.40. The maximum Gasteiger partial charge on any atom is 0.323 e. The van der Waals surface area contributed by atoms with Crippen molar-refractivity contribution in [2.24, 2.45) is 5.41 Å². The highest BCUT2D eigenvalue weighted by molar-refractivity contribution is 8.13. The second-order valence-corrected chi connectivity index (χ2v) is 9.68. The minimum absolute atomic E-state index is 0.0591. The average Bonchev–Trinajstić information content (AvgIpc) is 2.31. The quantitative estimate of drug-likeness (QED) is 0.408. The van der Waals surface area contributed by atoms with Crippen molar-refractivity contribution >= 4 is 30.4 Å². The highest BCUT2D eigenvalue weighted by Gasteiger charge is 2.25. The lowest BCUT2D eigenvalue weighted by Gasteiger charge is -2.21. The Kier molecular flexibility index (Phi) is 8.91. The summed E-state index contributed by atoms with van der Waals surface area (Å²) in [7, 11) is -3.12. The van der Waals surface area contributed by atoms with E-state index in [0.717, 1.165) is 11.8 Å². The lowest BCUT2D eigenvalue weighted by Crippen LogP contribution is -2.35. The number of rotatable bonds is 8. The van der Waals surface area contributed by atoms with Crippen LogP contribution in [-0.4, -0.2) is 42.3 Å². The summed E-state index contributed by atoms with van der Waals surface area (Å²) < 4.78 is 22.5. The molecular formula is C14H28NO5PS. The fourth-order valence-corrected chi connectivity index (χ4v) is 3.57. The molecule has 0 aliphatic carbocycles. The molecule has 0 saturated carbocycles. The largest absolute Gasteiger partial charge is 0.462 e. The van der Waals surface area contributed by atoms with Crippen molar-refractivity contribution in [2.45, 2.75) is 53.7 Å². The van der Waals surface area contributed by atoms with E-state index in [2.05, 4.69) is 5.09 Å². The molecule has 0 radical (unpaired) electrons. The molecule has 8 heteroatoms. The van der Waals surface area contributed by atoms with Gasteiger partial charge in [-0.2, -0.15) is 0 Å². The summed E-state index contributed by atoms with van der Waals surface area (Å²) in [6, 6.07) is -0.720. The first kappa shape index (κ1) is 21.6. The van der Waals surface area contributed by atoms with Crippen LogP contribution in [0.4, 0.5) is 0 Å². The molecule has 22 heavy (non-hydrogen) atoms. The van der Waals surface area contributed by atoms with E-state index in [1.165, 1.54) is 6.66 Å². The summed E-state index contributed by atoms with van der Waals surface area (Å²) in [6.07, 6.45) is -0.228. The third kappa shape index (κ3) is 9.62. The van der Waals surface area contributed by atoms with E-state index in [0.29, 0.717) is 5.75 Å². The lowest BCUT2D eigenvalue weighted by atomic mass is 10.00. The first-order valence-corrected chi connectivity index (χ1v) is 10.3. The first-order chi connectivity index (χ1) is 9.85. The first-order valence-electron chi connectivity index (χ1n) is 7.22. The van der Waals surface area contributed by atoms with Crippen molar-refractivity contribution in [1.82, 2.24) is 5.09 Å². The van der Waals surface area contributed by atoms with Gasteiger partial charge in [0.15, 0.2) is 5.12 Å². The molecular weight excluding hydrogens is 325 g/mol. The van der Waals surface area contributed by atoms with Crippen LogP contribution in [0.2, 0.25) is 0 Å². The maximum atomic E-state index is 12.2. The van der Waals surface area contributed by atoms with Crippen LogP contribution < -0.4 is 5.09 Å². The Hall–Kier alpha value is -0.360. The summed E-state index contributed by atoms with van der Waals surface area (Å²) in [5, 5.41) is 2.70. The minimum Gasteiger partial charge on any atom is -0.462 e. The van der Waals surface area contributed by atoms with Crippen molar-refractivity contribution in [3.63, 3.8) is 0 Å². The normalized spacial score (nSPS) is 16.2. The molecule has 0 bridgehead atoms. The SMILES string of the molecule is CC(C)OC(=O)[C@H](C)NP(C)(=O)OCCSC(=O)C(C)(C)C. The monoisotopic (exact) mass is 353 g/mol. The Morgan fingerprint density at radius 1 is 1.23 bits per heavy atom. The number of carbonyl (C=O) groups excluding carboxylic acids is 2. The molecule has 1 N–H and O–H groups in total. The van der Waals surface area contributed by atoms with Gasteiger partial charge in [-0.25, -0.2) is 5.09 Å². The van der Waals surface area contributed by atoms with E-state index in [4.69, 9.17) is 9.26 Å². The van der Waals surface area contributed by atoms with Gasteiger partial charge in [-0.05, 0) is 20.8 Å². The zero-order valence-electron chi connectivity index (χ0n) is 14.5. The summed E-state index contributed by atoms with van der Waals surface area (Å²) in [5.41, 5.74) is -0.409. The summed E-state index contributed by atoms with van der Waals surface area (Å²) in [5.74, 6) is -0.0570.